The third-order valence-corrected chi connectivity index (χ3v) is 2.01. The Bertz CT molecular complexity index is 81.0. The molecular weight excluding hydrogens is 132 g/mol. The van der Waals surface area contributed by atoms with Crippen molar-refractivity contribution >= 4 is 11.8 Å². The SMILES string of the molecule is C=C(CO)SCCCC. The van der Waals surface area contributed by atoms with Gasteiger partial charge in [0, 0.05) is 4.91 Å². The maximum absolute atomic E-state index is 8.51. The van der Waals surface area contributed by atoms with Gasteiger partial charge >= 0.3 is 0 Å². The van der Waals surface area contributed by atoms with E-state index in [1.807, 2.05) is 0 Å². The van der Waals surface area contributed by atoms with Crippen LogP contribution in [0.4, 0.5) is 0 Å². The Morgan fingerprint density at radius 3 is 2.78 bits per heavy atom. The van der Waals surface area contributed by atoms with Crippen LogP contribution in [0.2, 0.25) is 0 Å². The second-order valence-corrected chi connectivity index (χ2v) is 3.17. The molecule has 54 valence electrons. The van der Waals surface area contributed by atoms with Crippen LogP contribution in [0, 0.1) is 0 Å². The number of hydrogen-bond donors (Lipinski definition) is 1. The highest BCUT2D eigenvalue weighted by Crippen LogP contribution is 2.13. The predicted octanol–water partition coefficient (Wildman–Crippen LogP) is 2.03. The van der Waals surface area contributed by atoms with Crippen molar-refractivity contribution in [3.63, 3.8) is 0 Å². The molecule has 0 aromatic heterocycles. The molecule has 0 aliphatic carbocycles. The highest BCUT2D eigenvalue weighted by atomic mass is 32.2. The van der Waals surface area contributed by atoms with Gasteiger partial charge in [0.2, 0.25) is 0 Å². The molecule has 0 spiro atoms. The van der Waals surface area contributed by atoms with Gasteiger partial charge in [-0.15, -0.1) is 11.8 Å². The number of unbranched alkanes of at least 4 members (excludes halogenated alkanes) is 1. The van der Waals surface area contributed by atoms with Crippen molar-refractivity contribution in [1.82, 2.24) is 0 Å². The van der Waals surface area contributed by atoms with E-state index < -0.39 is 0 Å². The first-order valence-electron chi connectivity index (χ1n) is 3.22. The Morgan fingerprint density at radius 2 is 2.33 bits per heavy atom. The Balaban J connectivity index is 2.97. The number of rotatable bonds is 5. The van der Waals surface area contributed by atoms with Crippen LogP contribution in [0.1, 0.15) is 19.8 Å². The topological polar surface area (TPSA) is 20.2 Å². The first-order valence-corrected chi connectivity index (χ1v) is 4.21. The van der Waals surface area contributed by atoms with Crippen LogP contribution in [0.3, 0.4) is 0 Å². The molecule has 0 heterocycles. The molecule has 9 heavy (non-hydrogen) atoms. The summed E-state index contributed by atoms with van der Waals surface area (Å²) in [6, 6.07) is 0. The van der Waals surface area contributed by atoms with Crippen molar-refractivity contribution in [3.8, 4) is 0 Å². The van der Waals surface area contributed by atoms with Crippen molar-refractivity contribution in [2.24, 2.45) is 0 Å². The highest BCUT2D eigenvalue weighted by Gasteiger charge is 1.90. The molecule has 0 bridgehead atoms. The van der Waals surface area contributed by atoms with E-state index in [1.165, 1.54) is 12.8 Å². The van der Waals surface area contributed by atoms with Crippen molar-refractivity contribution < 1.29 is 5.11 Å². The summed E-state index contributed by atoms with van der Waals surface area (Å²) in [6.07, 6.45) is 2.43. The van der Waals surface area contributed by atoms with E-state index in [1.54, 1.807) is 11.8 Å². The van der Waals surface area contributed by atoms with Crippen molar-refractivity contribution in [3.05, 3.63) is 11.5 Å². The number of hydrogen-bond acceptors (Lipinski definition) is 2. The van der Waals surface area contributed by atoms with E-state index in [9.17, 15) is 0 Å². The van der Waals surface area contributed by atoms with Crippen molar-refractivity contribution in [2.75, 3.05) is 12.4 Å². The molecule has 0 aliphatic heterocycles. The van der Waals surface area contributed by atoms with Crippen molar-refractivity contribution in [1.29, 1.82) is 0 Å². The molecule has 0 saturated heterocycles. The molecule has 0 unspecified atom stereocenters. The van der Waals surface area contributed by atoms with Gasteiger partial charge in [0.1, 0.15) is 0 Å². The summed E-state index contributed by atoms with van der Waals surface area (Å²) in [7, 11) is 0. The molecule has 0 saturated carbocycles. The molecule has 1 nitrogen and oxygen atoms in total. The quantitative estimate of drug-likeness (QED) is 0.599. The fraction of sp³-hybridized carbons (Fsp3) is 0.714. The van der Waals surface area contributed by atoms with Crippen LogP contribution in [0.25, 0.3) is 0 Å². The standard InChI is InChI=1S/C7H14OS/c1-3-4-5-9-7(2)6-8/h8H,2-6H2,1H3. The highest BCUT2D eigenvalue weighted by molar-refractivity contribution is 8.03. The van der Waals surface area contributed by atoms with E-state index in [4.69, 9.17) is 5.11 Å². The molecule has 0 radical (unpaired) electrons. The summed E-state index contributed by atoms with van der Waals surface area (Å²) < 4.78 is 0. The Morgan fingerprint density at radius 1 is 1.67 bits per heavy atom. The Labute approximate surface area is 61.2 Å². The van der Waals surface area contributed by atoms with Gasteiger partial charge < -0.3 is 5.11 Å². The van der Waals surface area contributed by atoms with Gasteiger partial charge in [-0.05, 0) is 12.2 Å². The molecule has 0 aromatic rings. The lowest BCUT2D eigenvalue weighted by Gasteiger charge is -1.98. The predicted molar refractivity (Wildman–Crippen MR) is 43.6 cm³/mol. The summed E-state index contributed by atoms with van der Waals surface area (Å²) in [5, 5.41) is 8.51. The lowest BCUT2D eigenvalue weighted by molar-refractivity contribution is 0.340. The average Bonchev–Trinajstić information content (AvgIpc) is 1.89. The summed E-state index contributed by atoms with van der Waals surface area (Å²) in [6.45, 7) is 5.93. The summed E-state index contributed by atoms with van der Waals surface area (Å²) in [5.41, 5.74) is 0. The van der Waals surface area contributed by atoms with Gasteiger partial charge in [0.15, 0.2) is 0 Å². The fourth-order valence-electron chi connectivity index (χ4n) is 0.406. The van der Waals surface area contributed by atoms with Gasteiger partial charge in [-0.25, -0.2) is 0 Å². The molecule has 2 heteroatoms. The van der Waals surface area contributed by atoms with Gasteiger partial charge in [0.25, 0.3) is 0 Å². The van der Waals surface area contributed by atoms with E-state index in [0.29, 0.717) is 0 Å². The monoisotopic (exact) mass is 146 g/mol. The zero-order chi connectivity index (χ0) is 7.11. The molecular formula is C7H14OS. The van der Waals surface area contributed by atoms with E-state index >= 15 is 0 Å². The van der Waals surface area contributed by atoms with Crippen molar-refractivity contribution in [2.45, 2.75) is 19.8 Å². The van der Waals surface area contributed by atoms with Crippen LogP contribution in [-0.4, -0.2) is 17.5 Å². The van der Waals surface area contributed by atoms with Gasteiger partial charge in [0.05, 0.1) is 6.61 Å². The molecule has 0 rings (SSSR count). The van der Waals surface area contributed by atoms with Gasteiger partial charge in [-0.3, -0.25) is 0 Å². The maximum atomic E-state index is 8.51. The minimum Gasteiger partial charge on any atom is -0.391 e. The Kier molecular flexibility index (Phi) is 6.21. The lowest BCUT2D eigenvalue weighted by Crippen LogP contribution is -1.84. The maximum Gasteiger partial charge on any atom is 0.0734 e. The minimum absolute atomic E-state index is 0.119. The smallest absolute Gasteiger partial charge is 0.0734 e. The molecule has 1 N–H and O–H groups in total. The second-order valence-electron chi connectivity index (χ2n) is 1.90. The number of aliphatic hydroxyl groups is 1. The number of thioether (sulfide) groups is 1. The summed E-state index contributed by atoms with van der Waals surface area (Å²) >= 11 is 1.66. The van der Waals surface area contributed by atoms with E-state index in [0.717, 1.165) is 10.7 Å². The molecule has 0 amide bonds. The van der Waals surface area contributed by atoms with Crippen LogP contribution in [-0.2, 0) is 0 Å². The van der Waals surface area contributed by atoms with Gasteiger partial charge in [-0.1, -0.05) is 19.9 Å². The zero-order valence-corrected chi connectivity index (χ0v) is 6.71. The third kappa shape index (κ3) is 5.93. The van der Waals surface area contributed by atoms with Crippen LogP contribution < -0.4 is 0 Å². The zero-order valence-electron chi connectivity index (χ0n) is 5.89. The average molecular weight is 146 g/mol. The summed E-state index contributed by atoms with van der Waals surface area (Å²) in [4.78, 5) is 0.878. The fourth-order valence-corrected chi connectivity index (χ4v) is 1.22. The second kappa shape index (κ2) is 6.17. The van der Waals surface area contributed by atoms with E-state index in [-0.39, 0.29) is 6.61 Å². The number of aliphatic hydroxyl groups excluding tert-OH is 1. The molecule has 0 fully saturated rings. The van der Waals surface area contributed by atoms with E-state index in [2.05, 4.69) is 13.5 Å². The Hall–Kier alpha value is 0.0500. The minimum atomic E-state index is 0.119. The largest absolute Gasteiger partial charge is 0.391 e. The summed E-state index contributed by atoms with van der Waals surface area (Å²) in [5.74, 6) is 1.09. The molecule has 0 atom stereocenters. The van der Waals surface area contributed by atoms with Crippen LogP contribution in [0.15, 0.2) is 11.5 Å². The first-order chi connectivity index (χ1) is 4.31. The van der Waals surface area contributed by atoms with Gasteiger partial charge in [-0.2, -0.15) is 0 Å². The lowest BCUT2D eigenvalue weighted by atomic mass is 10.4. The normalized spacial score (nSPS) is 9.56. The van der Waals surface area contributed by atoms with Crippen LogP contribution >= 0.6 is 11.8 Å². The van der Waals surface area contributed by atoms with Crippen LogP contribution in [0.5, 0.6) is 0 Å². The first kappa shape index (κ1) is 9.05. The third-order valence-electron chi connectivity index (χ3n) is 0.980. The molecule has 0 aliphatic rings. The molecule has 0 aromatic carbocycles.